The first-order valence-corrected chi connectivity index (χ1v) is 5.01. The van der Waals surface area contributed by atoms with Gasteiger partial charge in [0, 0.05) is 19.2 Å². The summed E-state index contributed by atoms with van der Waals surface area (Å²) < 4.78 is 5.93. The van der Waals surface area contributed by atoms with Crippen molar-refractivity contribution in [3.63, 3.8) is 0 Å². The number of nitrogens with one attached hydrogen (secondary N) is 1. The van der Waals surface area contributed by atoms with Gasteiger partial charge >= 0.3 is 5.76 Å². The predicted molar refractivity (Wildman–Crippen MR) is 61.2 cm³/mol. The van der Waals surface area contributed by atoms with Crippen LogP contribution < -0.4 is 11.1 Å². The lowest BCUT2D eigenvalue weighted by Gasteiger charge is -2.00. The summed E-state index contributed by atoms with van der Waals surface area (Å²) in [5.74, 6) is -1.12. The molecule has 0 spiro atoms. The molecule has 8 nitrogen and oxygen atoms in total. The summed E-state index contributed by atoms with van der Waals surface area (Å²) in [6.07, 6.45) is 0. The summed E-state index contributed by atoms with van der Waals surface area (Å²) in [5.41, 5.74) is 0.251. The molecule has 1 amide bonds. The number of amides is 1. The molecule has 2 aromatic rings. The van der Waals surface area contributed by atoms with E-state index in [0.29, 0.717) is 0 Å². The van der Waals surface area contributed by atoms with Crippen LogP contribution in [-0.2, 0) is 11.3 Å². The summed E-state index contributed by atoms with van der Waals surface area (Å²) in [4.78, 5) is 32.8. The maximum Gasteiger partial charge on any atom is 0.420 e. The zero-order valence-corrected chi connectivity index (χ0v) is 9.37. The van der Waals surface area contributed by atoms with Gasteiger partial charge < -0.3 is 9.73 Å². The molecule has 2 rings (SSSR count). The summed E-state index contributed by atoms with van der Waals surface area (Å²) in [6.45, 7) is -0.247. The quantitative estimate of drug-likeness (QED) is 0.621. The van der Waals surface area contributed by atoms with E-state index in [1.54, 1.807) is 0 Å². The van der Waals surface area contributed by atoms with Crippen LogP contribution in [0.15, 0.2) is 27.4 Å². The molecule has 0 saturated heterocycles. The number of fused-ring (bicyclic) bond motifs is 1. The molecule has 1 aromatic carbocycles. The molecule has 0 aliphatic carbocycles. The van der Waals surface area contributed by atoms with Crippen LogP contribution in [0.1, 0.15) is 0 Å². The van der Waals surface area contributed by atoms with Crippen molar-refractivity contribution >= 4 is 22.7 Å². The number of carbonyl (C=O) groups is 1. The Labute approximate surface area is 100.0 Å². The minimum Gasteiger partial charge on any atom is -0.408 e. The molecule has 18 heavy (non-hydrogen) atoms. The van der Waals surface area contributed by atoms with E-state index in [0.717, 1.165) is 4.57 Å². The van der Waals surface area contributed by atoms with Crippen LogP contribution in [0.3, 0.4) is 0 Å². The van der Waals surface area contributed by atoms with Gasteiger partial charge in [-0.2, -0.15) is 0 Å². The Morgan fingerprint density at radius 2 is 2.28 bits per heavy atom. The van der Waals surface area contributed by atoms with E-state index in [-0.39, 0.29) is 23.3 Å². The third-order valence-electron chi connectivity index (χ3n) is 2.44. The third-order valence-corrected chi connectivity index (χ3v) is 2.44. The fourth-order valence-electron chi connectivity index (χ4n) is 1.54. The molecule has 8 heteroatoms. The van der Waals surface area contributed by atoms with Crippen LogP contribution in [0.25, 0.3) is 11.1 Å². The molecule has 0 aliphatic heterocycles. The highest BCUT2D eigenvalue weighted by Gasteiger charge is 2.15. The number of likely N-dealkylation sites (N-methyl/N-ethyl adjacent to an activating group) is 1. The molecular formula is C10H9N3O5. The van der Waals surface area contributed by atoms with E-state index in [1.165, 1.54) is 25.2 Å². The average molecular weight is 251 g/mol. The minimum absolute atomic E-state index is 0.172. The number of nitro groups is 1. The van der Waals surface area contributed by atoms with Crippen LogP contribution in [0, 0.1) is 10.1 Å². The number of rotatable bonds is 3. The molecule has 0 saturated carbocycles. The standard InChI is InChI=1S/C10H9N3O5/c1-11-9(14)5-12-7-4-6(13(16)17)2-3-8(7)18-10(12)15/h2-4H,5H2,1H3,(H,11,14). The zero-order chi connectivity index (χ0) is 13.3. The lowest BCUT2D eigenvalue weighted by Crippen LogP contribution is -2.27. The number of nitro benzene ring substituents is 1. The van der Waals surface area contributed by atoms with Gasteiger partial charge in [-0.25, -0.2) is 4.79 Å². The van der Waals surface area contributed by atoms with Crippen molar-refractivity contribution in [1.82, 2.24) is 9.88 Å². The summed E-state index contributed by atoms with van der Waals surface area (Å²) in [7, 11) is 1.43. The van der Waals surface area contributed by atoms with E-state index in [1.807, 2.05) is 0 Å². The van der Waals surface area contributed by atoms with Gasteiger partial charge in [-0.3, -0.25) is 19.5 Å². The summed E-state index contributed by atoms with van der Waals surface area (Å²) in [6, 6.07) is 3.76. The highest BCUT2D eigenvalue weighted by molar-refractivity contribution is 5.80. The van der Waals surface area contributed by atoms with Gasteiger partial charge in [0.1, 0.15) is 6.54 Å². The van der Waals surface area contributed by atoms with E-state index in [4.69, 9.17) is 4.42 Å². The molecule has 1 heterocycles. The first-order valence-electron chi connectivity index (χ1n) is 5.01. The number of hydrogen-bond acceptors (Lipinski definition) is 5. The van der Waals surface area contributed by atoms with Gasteiger partial charge in [0.15, 0.2) is 5.58 Å². The largest absolute Gasteiger partial charge is 0.420 e. The van der Waals surface area contributed by atoms with Gasteiger partial charge in [0.05, 0.1) is 10.4 Å². The lowest BCUT2D eigenvalue weighted by molar-refractivity contribution is -0.384. The second kappa shape index (κ2) is 4.32. The average Bonchev–Trinajstić information content (AvgIpc) is 2.65. The van der Waals surface area contributed by atoms with Crippen molar-refractivity contribution in [2.45, 2.75) is 6.54 Å². The highest BCUT2D eigenvalue weighted by atomic mass is 16.6. The van der Waals surface area contributed by atoms with Crippen LogP contribution in [0.2, 0.25) is 0 Å². The van der Waals surface area contributed by atoms with Crippen LogP contribution >= 0.6 is 0 Å². The molecular weight excluding hydrogens is 242 g/mol. The number of benzene rings is 1. The summed E-state index contributed by atoms with van der Waals surface area (Å²) >= 11 is 0. The van der Waals surface area contributed by atoms with Crippen LogP contribution in [0.5, 0.6) is 0 Å². The van der Waals surface area contributed by atoms with E-state index in [2.05, 4.69) is 5.32 Å². The molecule has 0 bridgehead atoms. The molecule has 1 N–H and O–H groups in total. The van der Waals surface area contributed by atoms with Crippen molar-refractivity contribution in [2.24, 2.45) is 0 Å². The van der Waals surface area contributed by atoms with E-state index in [9.17, 15) is 19.7 Å². The Hall–Kier alpha value is -2.64. The first kappa shape index (κ1) is 11.8. The van der Waals surface area contributed by atoms with Gasteiger partial charge in [-0.1, -0.05) is 0 Å². The number of carbonyl (C=O) groups excluding carboxylic acids is 1. The summed E-state index contributed by atoms with van der Waals surface area (Å²) in [5, 5.41) is 13.0. The van der Waals surface area contributed by atoms with Crippen molar-refractivity contribution < 1.29 is 14.1 Å². The Morgan fingerprint density at radius 3 is 2.89 bits per heavy atom. The van der Waals surface area contributed by atoms with Crippen molar-refractivity contribution in [3.8, 4) is 0 Å². The fraction of sp³-hybridized carbons (Fsp3) is 0.200. The normalized spacial score (nSPS) is 10.5. The maximum atomic E-state index is 11.5. The molecule has 1 aromatic heterocycles. The topological polar surface area (TPSA) is 107 Å². The Morgan fingerprint density at radius 1 is 1.56 bits per heavy atom. The second-order valence-electron chi connectivity index (χ2n) is 3.54. The number of hydrogen-bond donors (Lipinski definition) is 1. The minimum atomic E-state index is -0.728. The van der Waals surface area contributed by atoms with E-state index < -0.39 is 16.6 Å². The first-order chi connectivity index (χ1) is 8.52. The zero-order valence-electron chi connectivity index (χ0n) is 9.37. The van der Waals surface area contributed by atoms with Gasteiger partial charge in [0.2, 0.25) is 5.91 Å². The van der Waals surface area contributed by atoms with Gasteiger partial charge in [-0.15, -0.1) is 0 Å². The molecule has 0 atom stereocenters. The van der Waals surface area contributed by atoms with Crippen molar-refractivity contribution in [3.05, 3.63) is 38.9 Å². The molecule has 0 unspecified atom stereocenters. The smallest absolute Gasteiger partial charge is 0.408 e. The second-order valence-corrected chi connectivity index (χ2v) is 3.54. The number of aromatic nitrogens is 1. The van der Waals surface area contributed by atoms with Crippen LogP contribution in [-0.4, -0.2) is 22.4 Å². The molecule has 0 fully saturated rings. The number of non-ortho nitro benzene ring substituents is 1. The monoisotopic (exact) mass is 251 g/mol. The Kier molecular flexibility index (Phi) is 2.84. The van der Waals surface area contributed by atoms with Gasteiger partial charge in [-0.05, 0) is 6.07 Å². The van der Waals surface area contributed by atoms with Gasteiger partial charge in [0.25, 0.3) is 5.69 Å². The van der Waals surface area contributed by atoms with Crippen molar-refractivity contribution in [2.75, 3.05) is 7.05 Å². The van der Waals surface area contributed by atoms with E-state index >= 15 is 0 Å². The molecule has 0 radical (unpaired) electrons. The lowest BCUT2D eigenvalue weighted by atomic mass is 10.3. The maximum absolute atomic E-state index is 11.5. The fourth-order valence-corrected chi connectivity index (χ4v) is 1.54. The number of oxazole rings is 1. The molecule has 0 aliphatic rings. The third kappa shape index (κ3) is 1.95. The van der Waals surface area contributed by atoms with Crippen molar-refractivity contribution in [1.29, 1.82) is 0 Å². The Bertz CT molecular complexity index is 684. The highest BCUT2D eigenvalue weighted by Crippen LogP contribution is 2.19. The molecule has 94 valence electrons. The predicted octanol–water partition coefficient (Wildman–Crippen LogP) is 0.249. The van der Waals surface area contributed by atoms with Crippen LogP contribution in [0.4, 0.5) is 5.69 Å². The SMILES string of the molecule is CNC(=O)Cn1c(=O)oc2ccc([N+](=O)[O-])cc21. The Balaban J connectivity index is 2.60. The number of nitrogens with zero attached hydrogens (tertiary/aromatic N) is 2.